The number of methoxy groups -OCH3 is 1. The number of nitrogens with two attached hydrogens (primary N) is 1. The van der Waals surface area contributed by atoms with Gasteiger partial charge < -0.3 is 30.3 Å². The molecule has 362 valence electrons. The van der Waals surface area contributed by atoms with Gasteiger partial charge in [-0.15, -0.1) is 0 Å². The molecule has 4 N–H and O–H groups in total. The van der Waals surface area contributed by atoms with Crippen molar-refractivity contribution in [2.45, 2.75) is 82.3 Å². The minimum absolute atomic E-state index is 0.00221. The van der Waals surface area contributed by atoms with E-state index in [1.807, 2.05) is 50.4 Å². The van der Waals surface area contributed by atoms with E-state index in [0.29, 0.717) is 24.5 Å². The molecule has 2 atom stereocenters. The maximum Gasteiger partial charge on any atom is 0.329 e. The number of aryl methyl sites for hydroxylation is 1. The van der Waals surface area contributed by atoms with E-state index in [-0.39, 0.29) is 68.8 Å². The van der Waals surface area contributed by atoms with Crippen molar-refractivity contribution in [3.63, 3.8) is 0 Å². The van der Waals surface area contributed by atoms with Crippen molar-refractivity contribution >= 4 is 57.8 Å². The van der Waals surface area contributed by atoms with Crippen molar-refractivity contribution in [3.05, 3.63) is 100 Å². The highest BCUT2D eigenvalue weighted by Gasteiger charge is 2.50. The zero-order chi connectivity index (χ0) is 48.4. The first-order chi connectivity index (χ1) is 33.2. The van der Waals surface area contributed by atoms with Gasteiger partial charge >= 0.3 is 6.03 Å². The molecule has 17 heteroatoms. The molecular weight excluding hydrogens is 906 g/mol. The van der Waals surface area contributed by atoms with Gasteiger partial charge in [0.2, 0.25) is 17.7 Å². The van der Waals surface area contributed by atoms with Gasteiger partial charge in [0.25, 0.3) is 0 Å². The zero-order valence-electron chi connectivity index (χ0n) is 39.1. The predicted molar refractivity (Wildman–Crippen MR) is 259 cm³/mol. The molecule has 5 heterocycles. The van der Waals surface area contributed by atoms with Gasteiger partial charge in [-0.1, -0.05) is 48.9 Å². The highest BCUT2D eigenvalue weighted by Crippen LogP contribution is 2.57. The molecule has 5 aromatic rings. The van der Waals surface area contributed by atoms with Gasteiger partial charge in [0.1, 0.15) is 11.6 Å². The van der Waals surface area contributed by atoms with Crippen LogP contribution in [0.3, 0.4) is 0 Å². The lowest BCUT2D eigenvalue weighted by molar-refractivity contribution is -0.139. The lowest BCUT2D eigenvalue weighted by atomic mass is 9.71. The Hall–Kier alpha value is -6.26. The van der Waals surface area contributed by atoms with E-state index in [1.165, 1.54) is 30.2 Å². The van der Waals surface area contributed by atoms with E-state index >= 15 is 8.78 Å². The van der Waals surface area contributed by atoms with Crippen LogP contribution in [-0.4, -0.2) is 90.9 Å². The topological polar surface area (TPSA) is 164 Å². The summed E-state index contributed by atoms with van der Waals surface area (Å²) in [7, 11) is 3.17. The van der Waals surface area contributed by atoms with E-state index in [0.717, 1.165) is 99.7 Å². The smallest absolute Gasteiger partial charge is 0.329 e. The van der Waals surface area contributed by atoms with E-state index < -0.39 is 35.1 Å². The summed E-state index contributed by atoms with van der Waals surface area (Å²) in [4.78, 5) is 57.1. The largest absolute Gasteiger partial charge is 0.494 e. The molecule has 1 saturated carbocycles. The number of urea groups is 1. The molecule has 5 amide bonds. The van der Waals surface area contributed by atoms with Gasteiger partial charge in [-0.2, -0.15) is 5.10 Å². The molecule has 4 aliphatic heterocycles. The Morgan fingerprint density at radius 3 is 2.33 bits per heavy atom. The molecule has 5 aliphatic rings. The highest BCUT2D eigenvalue weighted by molar-refractivity contribution is 6.34. The minimum atomic E-state index is -1.07. The number of carbonyl (C=O) groups excluding carboxylic acids is 4. The summed E-state index contributed by atoms with van der Waals surface area (Å²) in [5.41, 5.74) is 7.79. The van der Waals surface area contributed by atoms with Crippen LogP contribution < -0.4 is 35.6 Å². The van der Waals surface area contributed by atoms with Crippen molar-refractivity contribution in [2.75, 3.05) is 56.2 Å². The van der Waals surface area contributed by atoms with E-state index in [2.05, 4.69) is 37.7 Å². The number of amides is 5. The molecule has 0 bridgehead atoms. The van der Waals surface area contributed by atoms with Crippen LogP contribution >= 0.6 is 11.6 Å². The number of likely N-dealkylation sites (tertiary alicyclic amines) is 1. The summed E-state index contributed by atoms with van der Waals surface area (Å²) in [6.45, 7) is 5.92. The fraction of sp³-hybridized carbons (Fsp3) is 0.442. The summed E-state index contributed by atoms with van der Waals surface area (Å²) >= 11 is 6.71. The fourth-order valence-corrected chi connectivity index (χ4v) is 12.1. The van der Waals surface area contributed by atoms with Gasteiger partial charge in [-0.25, -0.2) is 13.6 Å². The quantitative estimate of drug-likeness (QED) is 0.125. The van der Waals surface area contributed by atoms with Gasteiger partial charge in [0.15, 0.2) is 23.0 Å². The second-order valence-corrected chi connectivity index (χ2v) is 19.9. The molecule has 69 heavy (non-hydrogen) atoms. The summed E-state index contributed by atoms with van der Waals surface area (Å²) in [5, 5.41) is 11.3. The predicted octanol–water partition coefficient (Wildman–Crippen LogP) is 8.17. The van der Waals surface area contributed by atoms with Crippen molar-refractivity contribution in [1.29, 1.82) is 0 Å². The molecule has 14 nitrogen and oxygen atoms in total. The van der Waals surface area contributed by atoms with Crippen LogP contribution in [0.5, 0.6) is 11.5 Å². The van der Waals surface area contributed by atoms with Crippen molar-refractivity contribution < 1.29 is 37.4 Å². The number of fused-ring (bicyclic) bond motifs is 2. The van der Waals surface area contributed by atoms with Crippen LogP contribution in [0.15, 0.2) is 66.7 Å². The van der Waals surface area contributed by atoms with Crippen LogP contribution in [-0.2, 0) is 22.2 Å². The Bertz CT molecular complexity index is 2850. The van der Waals surface area contributed by atoms with Gasteiger partial charge in [-0.05, 0) is 92.7 Å². The number of primary amides is 1. The minimum Gasteiger partial charge on any atom is -0.494 e. The number of nitrogens with one attached hydrogen (secondary N) is 2. The fourth-order valence-electron chi connectivity index (χ4n) is 11.8. The lowest BCUT2D eigenvalue weighted by Gasteiger charge is -2.48. The molecule has 0 radical (unpaired) electrons. The monoisotopic (exact) mass is 962 g/mol. The number of hydrogen-bond donors (Lipinski definition) is 3. The number of nitrogens with zero attached hydrogens (tertiary/aromatic N) is 5. The molecule has 4 fully saturated rings. The lowest BCUT2D eigenvalue weighted by Crippen LogP contribution is -2.50. The summed E-state index contributed by atoms with van der Waals surface area (Å²) in [6.07, 6.45) is 7.41. The van der Waals surface area contributed by atoms with Crippen LogP contribution in [0.2, 0.25) is 5.02 Å². The number of imide groups is 1. The molecule has 1 aromatic heterocycles. The first kappa shape index (κ1) is 46.5. The Kier molecular flexibility index (Phi) is 12.3. The van der Waals surface area contributed by atoms with E-state index in [9.17, 15) is 19.2 Å². The average Bonchev–Trinajstić information content (AvgIpc) is 3.83. The van der Waals surface area contributed by atoms with Crippen molar-refractivity contribution in [3.8, 4) is 22.6 Å². The maximum absolute atomic E-state index is 16.2. The Morgan fingerprint density at radius 1 is 0.942 bits per heavy atom. The van der Waals surface area contributed by atoms with E-state index in [1.54, 1.807) is 4.68 Å². The average molecular weight is 964 g/mol. The number of piperidine rings is 2. The molecule has 0 unspecified atom stereocenters. The Balaban J connectivity index is 0.764. The summed E-state index contributed by atoms with van der Waals surface area (Å²) in [6, 6.07) is 19.4. The number of ether oxygens (including phenoxy) is 2. The van der Waals surface area contributed by atoms with Crippen LogP contribution in [0, 0.1) is 23.0 Å². The van der Waals surface area contributed by atoms with Crippen LogP contribution in [0.4, 0.5) is 25.1 Å². The number of carbonyl (C=O) groups is 4. The summed E-state index contributed by atoms with van der Waals surface area (Å²) in [5.74, 6) is -2.61. The van der Waals surface area contributed by atoms with Crippen molar-refractivity contribution in [1.82, 2.24) is 25.3 Å². The summed E-state index contributed by atoms with van der Waals surface area (Å²) < 4.78 is 45.9. The van der Waals surface area contributed by atoms with Gasteiger partial charge in [-0.3, -0.25) is 29.3 Å². The zero-order valence-corrected chi connectivity index (χ0v) is 39.8. The van der Waals surface area contributed by atoms with Gasteiger partial charge in [0.05, 0.1) is 23.2 Å². The number of anilines is 2. The third-order valence-electron chi connectivity index (χ3n) is 15.9. The molecule has 1 spiro atoms. The van der Waals surface area contributed by atoms with Gasteiger partial charge in [0, 0.05) is 104 Å². The molecule has 4 aromatic carbocycles. The maximum atomic E-state index is 16.2. The Morgan fingerprint density at radius 2 is 1.65 bits per heavy atom. The second-order valence-electron chi connectivity index (χ2n) is 19.6. The van der Waals surface area contributed by atoms with Crippen LogP contribution in [0.1, 0.15) is 92.1 Å². The van der Waals surface area contributed by atoms with Crippen LogP contribution in [0.25, 0.3) is 22.0 Å². The molecular formula is C52H57ClF2N8O6. The van der Waals surface area contributed by atoms with Crippen molar-refractivity contribution in [2.24, 2.45) is 24.1 Å². The Labute approximate surface area is 404 Å². The number of aromatic nitrogens is 2. The third kappa shape index (κ3) is 8.22. The normalized spacial score (nSPS) is 23.5. The number of benzene rings is 4. The first-order valence-electron chi connectivity index (χ1n) is 24.0. The number of hydrogen-bond acceptors (Lipinski definition) is 9. The first-order valence-corrected chi connectivity index (χ1v) is 24.4. The standard InChI is InChI=1S/C52H57ClF2N8O6/c1-30-42-40(28-37(54)45(53)44(42)43-36(47(56)65)15-16-39(68-3)46(43)55)69-52(30,32-7-5-4-6-8-32)29-57-33-11-9-31(10-12-33)49(66)62-25-20-51(21-26-62)18-23-61(24-19-51)34-13-14-35-38(27-34)60(2)59-48(35)63-22-17-41(64)58-50(63)67/h4-8,13-16,27-28,30-31,33,57H,9-12,17-26,29H2,1-3H3,(H2,56,65)(H,58,64,67)/t30-,31?,33?,52-/m0/s1. The second kappa shape index (κ2) is 18.2. The highest BCUT2D eigenvalue weighted by atomic mass is 35.5. The number of rotatable bonds is 10. The molecule has 3 saturated heterocycles. The SMILES string of the molecule is COc1ccc(C(N)=O)c(-c2c(Cl)c(F)cc3c2[C@H](C)[C@@](CNC2CCC(C(=O)N4CCC5(CC4)CCN(c4ccc6c(N7CCC(=O)NC7=O)nn(C)c6c4)CC5)CC2)(c2ccccc2)O3)c1F. The number of halogens is 3. The third-order valence-corrected chi connectivity index (χ3v) is 16.3. The van der Waals surface area contributed by atoms with E-state index in [4.69, 9.17) is 26.8 Å². The molecule has 1 aliphatic carbocycles. The molecule has 10 rings (SSSR count).